The number of hydroxylamine groups is 2. The van der Waals surface area contributed by atoms with Gasteiger partial charge in [-0.1, -0.05) is 13.8 Å². The molecule has 7 heteroatoms. The Kier molecular flexibility index (Phi) is 9.37. The average molecular weight is 220 g/mol. The van der Waals surface area contributed by atoms with Crippen molar-refractivity contribution in [2.45, 2.75) is 26.1 Å². The smallest absolute Gasteiger partial charge is 0.837 e. The molecule has 0 aliphatic rings. The van der Waals surface area contributed by atoms with Gasteiger partial charge in [-0.15, -0.1) is 0 Å². The summed E-state index contributed by atoms with van der Waals surface area (Å²) in [7, 11) is 9.60. The van der Waals surface area contributed by atoms with Crippen LogP contribution < -0.4 is 24.0 Å². The van der Waals surface area contributed by atoms with Gasteiger partial charge in [0.2, 0.25) is 7.85 Å². The zero-order valence-corrected chi connectivity index (χ0v) is 10.9. The molecule has 0 aromatic rings. The standard InChI is InChI=1S/C9H18BN2O3.Li/c1-6(2)7(11(3)9(10)14)8(13)12(4)15-5;/h6-8H,1-5H3;/q-1;+1/t7-,8?;/m0./s1. The van der Waals surface area contributed by atoms with Crippen molar-refractivity contribution in [2.75, 3.05) is 21.2 Å². The average Bonchev–Trinajstić information content (AvgIpc) is 2.15. The maximum Gasteiger partial charge on any atom is 1.00 e. The molecule has 16 heavy (non-hydrogen) atoms. The first-order chi connectivity index (χ1) is 6.82. The van der Waals surface area contributed by atoms with E-state index in [2.05, 4.69) is 0 Å². The zero-order chi connectivity index (χ0) is 12.2. The van der Waals surface area contributed by atoms with Crippen LogP contribution >= 0.6 is 0 Å². The Morgan fingerprint density at radius 1 is 1.38 bits per heavy atom. The number of carbonyl (C=O) groups excluding carboxylic acids is 1. The summed E-state index contributed by atoms with van der Waals surface area (Å²) in [6.07, 6.45) is -1.16. The summed E-state index contributed by atoms with van der Waals surface area (Å²) in [4.78, 5) is 17.1. The second-order valence-corrected chi connectivity index (χ2v) is 3.80. The van der Waals surface area contributed by atoms with E-state index < -0.39 is 18.1 Å². The third-order valence-electron chi connectivity index (χ3n) is 2.42. The normalized spacial score (nSPS) is 14.5. The third-order valence-corrected chi connectivity index (χ3v) is 2.42. The van der Waals surface area contributed by atoms with Gasteiger partial charge in [0.05, 0.1) is 7.11 Å². The molecule has 1 unspecified atom stereocenters. The Balaban J connectivity index is 0. The molecular formula is C9H18BLiN2O3. The molecular weight excluding hydrogens is 202 g/mol. The summed E-state index contributed by atoms with van der Waals surface area (Å²) in [6.45, 7) is 3.72. The fourth-order valence-corrected chi connectivity index (χ4v) is 1.43. The van der Waals surface area contributed by atoms with Crippen LogP contribution in [-0.2, 0) is 4.84 Å². The van der Waals surface area contributed by atoms with Crippen molar-refractivity contribution in [2.24, 2.45) is 5.92 Å². The number of amides is 1. The molecule has 0 aromatic heterocycles. The van der Waals surface area contributed by atoms with E-state index in [-0.39, 0.29) is 24.8 Å². The minimum atomic E-state index is -1.16. The Hall–Kier alpha value is 0.0123. The number of hydrogen-bond donors (Lipinski definition) is 0. The van der Waals surface area contributed by atoms with E-state index in [1.54, 1.807) is 0 Å². The largest absolute Gasteiger partial charge is 1.00 e. The molecule has 0 saturated carbocycles. The molecule has 0 aliphatic carbocycles. The topological polar surface area (TPSA) is 55.8 Å². The van der Waals surface area contributed by atoms with Crippen LogP contribution in [0.5, 0.6) is 0 Å². The summed E-state index contributed by atoms with van der Waals surface area (Å²) < 4.78 is 0. The van der Waals surface area contributed by atoms with Crippen LogP contribution in [0.25, 0.3) is 0 Å². The van der Waals surface area contributed by atoms with Crippen molar-refractivity contribution in [1.29, 1.82) is 0 Å². The molecule has 5 nitrogen and oxygen atoms in total. The molecule has 1 amide bonds. The fraction of sp³-hybridized carbons (Fsp3) is 0.889. The summed E-state index contributed by atoms with van der Waals surface area (Å²) in [5, 5.41) is 13.1. The molecule has 0 saturated heterocycles. The number of nitrogens with zero attached hydrogens (tertiary/aromatic N) is 2. The van der Waals surface area contributed by atoms with E-state index in [0.717, 1.165) is 0 Å². The minimum Gasteiger partial charge on any atom is -0.837 e. The number of carbonyl (C=O) groups is 1. The molecule has 0 aliphatic heterocycles. The summed E-state index contributed by atoms with van der Waals surface area (Å²) in [5.41, 5.74) is 0. The van der Waals surface area contributed by atoms with Gasteiger partial charge in [-0.3, -0.25) is 4.79 Å². The van der Waals surface area contributed by atoms with Crippen molar-refractivity contribution in [1.82, 2.24) is 9.96 Å². The molecule has 0 aromatic carbocycles. The van der Waals surface area contributed by atoms with Gasteiger partial charge in [0, 0.05) is 20.1 Å². The van der Waals surface area contributed by atoms with Crippen LogP contribution in [0, 0.1) is 5.92 Å². The number of hydrogen-bond acceptors (Lipinski definition) is 4. The van der Waals surface area contributed by atoms with Gasteiger partial charge >= 0.3 is 18.9 Å². The summed E-state index contributed by atoms with van der Waals surface area (Å²) in [6, 6.07) is -0.521. The second kappa shape index (κ2) is 8.15. The van der Waals surface area contributed by atoms with E-state index in [9.17, 15) is 9.90 Å². The number of likely N-dealkylation sites (N-methyl/N-ethyl adjacent to an activating group) is 2. The van der Waals surface area contributed by atoms with Gasteiger partial charge in [0.15, 0.2) is 5.81 Å². The molecule has 2 radical (unpaired) electrons. The van der Waals surface area contributed by atoms with Crippen molar-refractivity contribution >= 4 is 13.7 Å². The first kappa shape index (κ1) is 18.4. The maximum atomic E-state index is 11.9. The van der Waals surface area contributed by atoms with Gasteiger partial charge in [0.25, 0.3) is 0 Å². The van der Waals surface area contributed by atoms with Crippen LogP contribution in [0.1, 0.15) is 13.8 Å². The van der Waals surface area contributed by atoms with Crippen molar-refractivity contribution in [3.63, 3.8) is 0 Å². The summed E-state index contributed by atoms with van der Waals surface area (Å²) >= 11 is 0. The summed E-state index contributed by atoms with van der Waals surface area (Å²) in [5.74, 6) is -0.610. The van der Waals surface area contributed by atoms with Gasteiger partial charge in [-0.05, 0) is 12.1 Å². The Morgan fingerprint density at radius 2 is 1.81 bits per heavy atom. The number of rotatable bonds is 5. The van der Waals surface area contributed by atoms with Crippen molar-refractivity contribution in [3.8, 4) is 0 Å². The second-order valence-electron chi connectivity index (χ2n) is 3.80. The van der Waals surface area contributed by atoms with Gasteiger partial charge < -0.3 is 14.8 Å². The van der Waals surface area contributed by atoms with E-state index in [4.69, 9.17) is 12.7 Å². The van der Waals surface area contributed by atoms with Crippen molar-refractivity contribution < 1.29 is 33.6 Å². The molecule has 0 bridgehead atoms. The fourth-order valence-electron chi connectivity index (χ4n) is 1.43. The third kappa shape index (κ3) is 4.90. The Bertz CT molecular complexity index is 219. The Morgan fingerprint density at radius 3 is 2.06 bits per heavy atom. The van der Waals surface area contributed by atoms with E-state index >= 15 is 0 Å². The van der Waals surface area contributed by atoms with Crippen LogP contribution in [0.15, 0.2) is 0 Å². The molecule has 0 fully saturated rings. The van der Waals surface area contributed by atoms with Crippen LogP contribution in [0.2, 0.25) is 0 Å². The molecule has 0 heterocycles. The van der Waals surface area contributed by atoms with E-state index in [1.165, 1.54) is 31.2 Å². The SMILES string of the molecule is [B]C(=O)N(C)[C@@H](C(C)C)C([O-])N(C)OC.[Li+]. The van der Waals surface area contributed by atoms with E-state index in [0.29, 0.717) is 0 Å². The maximum absolute atomic E-state index is 11.9. The molecule has 86 valence electrons. The molecule has 2 atom stereocenters. The first-order valence-electron chi connectivity index (χ1n) is 4.78. The van der Waals surface area contributed by atoms with Crippen LogP contribution in [0.3, 0.4) is 0 Å². The predicted octanol–water partition coefficient (Wildman–Crippen LogP) is -3.59. The van der Waals surface area contributed by atoms with Crippen molar-refractivity contribution in [3.05, 3.63) is 0 Å². The van der Waals surface area contributed by atoms with Gasteiger partial charge in [-0.2, -0.15) is 0 Å². The van der Waals surface area contributed by atoms with Crippen LogP contribution in [0.4, 0.5) is 4.79 Å². The molecule has 0 N–H and O–H groups in total. The van der Waals surface area contributed by atoms with Gasteiger partial charge in [0.1, 0.15) is 0 Å². The Labute approximate surface area is 111 Å². The quantitative estimate of drug-likeness (QED) is 0.273. The monoisotopic (exact) mass is 220 g/mol. The zero-order valence-electron chi connectivity index (χ0n) is 10.9. The first-order valence-corrected chi connectivity index (χ1v) is 4.78. The predicted molar refractivity (Wildman–Crippen MR) is 56.1 cm³/mol. The van der Waals surface area contributed by atoms with E-state index in [1.807, 2.05) is 13.8 Å². The minimum absolute atomic E-state index is 0. The molecule has 0 rings (SSSR count). The van der Waals surface area contributed by atoms with Gasteiger partial charge in [-0.25, -0.2) is 5.06 Å². The molecule has 0 spiro atoms. The van der Waals surface area contributed by atoms with Crippen LogP contribution in [-0.4, -0.2) is 57.1 Å².